The number of hydrogen-bond acceptors (Lipinski definition) is 5. The molecule has 1 fully saturated rings. The highest BCUT2D eigenvalue weighted by atomic mass is 16.6. The standard InChI is InChI=1S/C31H26N4O3/c1-33-15-17-34(18-16-33)31(36)38-30-26-12-6-14-35(26)27-19-21-7-2-3-8-22(21)20-28(27)37-29(30)24-9-4-11-25-23(24)10-5-13-32-25/h2-14,19-20H,15-18H2,1H3. The topological polar surface area (TPSA) is 59.8 Å². The van der Waals surface area contributed by atoms with E-state index in [1.165, 1.54) is 0 Å². The van der Waals surface area contributed by atoms with Gasteiger partial charge < -0.3 is 23.8 Å². The van der Waals surface area contributed by atoms with E-state index in [1.807, 2.05) is 71.4 Å². The summed E-state index contributed by atoms with van der Waals surface area (Å²) >= 11 is 0. The summed E-state index contributed by atoms with van der Waals surface area (Å²) < 4.78 is 15.0. The summed E-state index contributed by atoms with van der Waals surface area (Å²) in [5, 5.41) is 3.08. The van der Waals surface area contributed by atoms with Crippen LogP contribution in [0, 0.1) is 0 Å². The van der Waals surface area contributed by atoms with Crippen molar-refractivity contribution >= 4 is 39.3 Å². The normalized spacial score (nSPS) is 15.7. The van der Waals surface area contributed by atoms with E-state index < -0.39 is 0 Å². The van der Waals surface area contributed by atoms with E-state index in [0.717, 1.165) is 51.7 Å². The van der Waals surface area contributed by atoms with Gasteiger partial charge in [0.2, 0.25) is 0 Å². The van der Waals surface area contributed by atoms with Crippen LogP contribution in [0.25, 0.3) is 38.9 Å². The highest BCUT2D eigenvalue weighted by Crippen LogP contribution is 2.42. The van der Waals surface area contributed by atoms with E-state index in [4.69, 9.17) is 9.47 Å². The maximum atomic E-state index is 13.5. The summed E-state index contributed by atoms with van der Waals surface area (Å²) in [7, 11) is 2.06. The number of hydrogen-bond donors (Lipinski definition) is 0. The molecule has 0 N–H and O–H groups in total. The van der Waals surface area contributed by atoms with Crippen LogP contribution in [0.1, 0.15) is 11.3 Å². The number of carbonyl (C=O) groups is 1. The first kappa shape index (κ1) is 22.6. The van der Waals surface area contributed by atoms with Gasteiger partial charge in [-0.3, -0.25) is 4.98 Å². The predicted octanol–water partition coefficient (Wildman–Crippen LogP) is 5.78. The number of likely N-dealkylation sites (N-methyl/N-ethyl adjacent to an activating group) is 1. The number of benzene rings is 3. The van der Waals surface area contributed by atoms with E-state index >= 15 is 0 Å². The van der Waals surface area contributed by atoms with Gasteiger partial charge in [-0.15, -0.1) is 0 Å². The van der Waals surface area contributed by atoms with Crippen molar-refractivity contribution in [3.63, 3.8) is 0 Å². The molecular formula is C31H26N4O3. The van der Waals surface area contributed by atoms with E-state index in [-0.39, 0.29) is 6.09 Å². The van der Waals surface area contributed by atoms with E-state index in [9.17, 15) is 4.79 Å². The molecule has 1 saturated heterocycles. The van der Waals surface area contributed by atoms with Crippen molar-refractivity contribution in [3.05, 3.63) is 103 Å². The van der Waals surface area contributed by atoms with Crippen LogP contribution >= 0.6 is 0 Å². The van der Waals surface area contributed by atoms with Crippen molar-refractivity contribution < 1.29 is 14.3 Å². The molecule has 0 atom stereocenters. The Bertz CT molecular complexity index is 1720. The summed E-state index contributed by atoms with van der Waals surface area (Å²) in [6, 6.07) is 26.1. The van der Waals surface area contributed by atoms with Crippen LogP contribution in [0.15, 0.2) is 91.3 Å². The quantitative estimate of drug-likeness (QED) is 0.306. The SMILES string of the molecule is CN1CCN(C(=O)OC2=C(c3cccc4ncccc34)Oc3cc4ccccc4cc3-n3cccc32)CC1. The van der Waals surface area contributed by atoms with Gasteiger partial charge in [0.05, 0.1) is 16.9 Å². The van der Waals surface area contributed by atoms with Gasteiger partial charge in [-0.1, -0.05) is 42.5 Å². The van der Waals surface area contributed by atoms with Crippen molar-refractivity contribution in [2.75, 3.05) is 33.2 Å². The number of aromatic nitrogens is 2. The maximum Gasteiger partial charge on any atom is 0.415 e. The molecule has 2 aromatic heterocycles. The van der Waals surface area contributed by atoms with Crippen LogP contribution in [0.4, 0.5) is 4.79 Å². The molecule has 7 rings (SSSR count). The fraction of sp³-hybridized carbons (Fsp3) is 0.161. The molecule has 0 spiro atoms. The van der Waals surface area contributed by atoms with Crippen LogP contribution in [0.5, 0.6) is 5.75 Å². The van der Waals surface area contributed by atoms with Gasteiger partial charge >= 0.3 is 6.09 Å². The lowest BCUT2D eigenvalue weighted by Gasteiger charge is -2.31. The lowest BCUT2D eigenvalue weighted by molar-refractivity contribution is 0.113. The molecule has 0 radical (unpaired) electrons. The van der Waals surface area contributed by atoms with Gasteiger partial charge in [0.25, 0.3) is 0 Å². The van der Waals surface area contributed by atoms with Crippen LogP contribution in [0.2, 0.25) is 0 Å². The van der Waals surface area contributed by atoms with Crippen LogP contribution in [0.3, 0.4) is 0 Å². The van der Waals surface area contributed by atoms with Crippen LogP contribution in [-0.4, -0.2) is 58.7 Å². The van der Waals surface area contributed by atoms with Gasteiger partial charge in [-0.05, 0) is 54.2 Å². The number of amides is 1. The average Bonchev–Trinajstić information content (AvgIpc) is 3.40. The third-order valence-corrected chi connectivity index (χ3v) is 7.33. The van der Waals surface area contributed by atoms with Gasteiger partial charge in [0, 0.05) is 49.5 Å². The minimum Gasteiger partial charge on any atom is -0.450 e. The molecule has 2 aliphatic rings. The third kappa shape index (κ3) is 3.79. The summed E-state index contributed by atoms with van der Waals surface area (Å²) in [5.74, 6) is 1.55. The molecular weight excluding hydrogens is 476 g/mol. The molecule has 1 amide bonds. The van der Waals surface area contributed by atoms with Crippen molar-refractivity contribution in [2.45, 2.75) is 0 Å². The number of ether oxygens (including phenoxy) is 2. The summed E-state index contributed by atoms with van der Waals surface area (Å²) in [6.07, 6.45) is 3.37. The Morgan fingerprint density at radius 2 is 1.71 bits per heavy atom. The summed E-state index contributed by atoms with van der Waals surface area (Å²) in [4.78, 5) is 22.0. The maximum absolute atomic E-state index is 13.5. The van der Waals surface area contributed by atoms with Gasteiger partial charge in [0.15, 0.2) is 17.3 Å². The van der Waals surface area contributed by atoms with Crippen molar-refractivity contribution in [2.24, 2.45) is 0 Å². The number of fused-ring (bicyclic) bond motifs is 5. The molecule has 7 heteroatoms. The smallest absolute Gasteiger partial charge is 0.415 e. The van der Waals surface area contributed by atoms with Crippen molar-refractivity contribution in [1.82, 2.24) is 19.4 Å². The molecule has 0 unspecified atom stereocenters. The first-order chi connectivity index (χ1) is 18.7. The molecule has 7 nitrogen and oxygen atoms in total. The Balaban J connectivity index is 1.45. The van der Waals surface area contributed by atoms with Crippen LogP contribution < -0.4 is 4.74 Å². The molecule has 5 aromatic rings. The van der Waals surface area contributed by atoms with Gasteiger partial charge in [-0.25, -0.2) is 4.79 Å². The lowest BCUT2D eigenvalue weighted by Crippen LogP contribution is -2.47. The molecule has 0 bridgehead atoms. The zero-order valence-electron chi connectivity index (χ0n) is 21.0. The third-order valence-electron chi connectivity index (χ3n) is 7.33. The Hall–Kier alpha value is -4.62. The zero-order chi connectivity index (χ0) is 25.6. The highest BCUT2D eigenvalue weighted by Gasteiger charge is 2.30. The van der Waals surface area contributed by atoms with E-state index in [0.29, 0.717) is 30.4 Å². The Morgan fingerprint density at radius 1 is 0.895 bits per heavy atom. The number of pyridine rings is 1. The van der Waals surface area contributed by atoms with E-state index in [1.54, 1.807) is 11.1 Å². The second kappa shape index (κ2) is 9.04. The van der Waals surface area contributed by atoms with Gasteiger partial charge in [-0.2, -0.15) is 0 Å². The van der Waals surface area contributed by atoms with Crippen molar-refractivity contribution in [1.29, 1.82) is 0 Å². The summed E-state index contributed by atoms with van der Waals surface area (Å²) in [6.45, 7) is 2.84. The average molecular weight is 503 g/mol. The Morgan fingerprint density at radius 3 is 2.55 bits per heavy atom. The fourth-order valence-corrected chi connectivity index (χ4v) is 5.24. The fourth-order valence-electron chi connectivity index (χ4n) is 5.24. The lowest BCUT2D eigenvalue weighted by atomic mass is 10.0. The zero-order valence-corrected chi connectivity index (χ0v) is 21.0. The molecule has 38 heavy (non-hydrogen) atoms. The number of rotatable bonds is 2. The summed E-state index contributed by atoms with van der Waals surface area (Å²) in [5.41, 5.74) is 3.28. The minimum absolute atomic E-state index is 0.378. The molecule has 188 valence electrons. The monoisotopic (exact) mass is 502 g/mol. The van der Waals surface area contributed by atoms with Crippen LogP contribution in [-0.2, 0) is 4.74 Å². The largest absolute Gasteiger partial charge is 0.450 e. The molecule has 2 aliphatic heterocycles. The van der Waals surface area contributed by atoms with Crippen molar-refractivity contribution in [3.8, 4) is 11.4 Å². The Labute approximate surface area is 220 Å². The van der Waals surface area contributed by atoms with E-state index in [2.05, 4.69) is 35.1 Å². The second-order valence-electron chi connectivity index (χ2n) is 9.72. The minimum atomic E-state index is -0.378. The second-order valence-corrected chi connectivity index (χ2v) is 9.72. The molecule has 0 saturated carbocycles. The predicted molar refractivity (Wildman–Crippen MR) is 148 cm³/mol. The molecule has 0 aliphatic carbocycles. The number of nitrogens with zero attached hydrogens (tertiary/aromatic N) is 4. The first-order valence-electron chi connectivity index (χ1n) is 12.8. The first-order valence-corrected chi connectivity index (χ1v) is 12.8. The van der Waals surface area contributed by atoms with Gasteiger partial charge in [0.1, 0.15) is 0 Å². The number of piperazine rings is 1. The Kier molecular flexibility index (Phi) is 5.37. The number of carbonyl (C=O) groups excluding carboxylic acids is 1. The molecule has 4 heterocycles. The molecule has 3 aromatic carbocycles. The highest BCUT2D eigenvalue weighted by molar-refractivity contribution is 6.00.